The molecule has 2 aromatic carbocycles. The summed E-state index contributed by atoms with van der Waals surface area (Å²) in [5.41, 5.74) is -0.0805. The second kappa shape index (κ2) is 8.17. The van der Waals surface area contributed by atoms with Crippen molar-refractivity contribution >= 4 is 11.6 Å². The van der Waals surface area contributed by atoms with Gasteiger partial charge in [0.25, 0.3) is 0 Å². The van der Waals surface area contributed by atoms with Gasteiger partial charge in [-0.2, -0.15) is 5.10 Å². The van der Waals surface area contributed by atoms with E-state index in [1.807, 2.05) is 0 Å². The average molecular weight is 416 g/mol. The van der Waals surface area contributed by atoms with Gasteiger partial charge < -0.3 is 5.32 Å². The van der Waals surface area contributed by atoms with E-state index in [1.165, 1.54) is 21.4 Å². The molecule has 1 amide bonds. The Morgan fingerprint density at radius 3 is 2.67 bits per heavy atom. The first-order valence-corrected chi connectivity index (χ1v) is 9.61. The molecule has 0 aliphatic carbocycles. The molecule has 0 spiro atoms. The molecule has 1 unspecified atom stereocenters. The number of benzene rings is 2. The monoisotopic (exact) mass is 416 g/mol. The third kappa shape index (κ3) is 4.00. The van der Waals surface area contributed by atoms with Crippen LogP contribution in [0, 0.1) is 17.5 Å². The van der Waals surface area contributed by atoms with Crippen LogP contribution in [-0.2, 0) is 17.8 Å². The van der Waals surface area contributed by atoms with Gasteiger partial charge in [0.1, 0.15) is 29.3 Å². The maximum absolute atomic E-state index is 13.9. The summed E-state index contributed by atoms with van der Waals surface area (Å²) in [5, 5.41) is 6.79. The molecule has 9 heteroatoms. The molecule has 1 N–H and O–H groups in total. The topological polar surface area (TPSA) is 68.9 Å². The van der Waals surface area contributed by atoms with E-state index in [0.717, 1.165) is 18.6 Å². The molecule has 1 aromatic heterocycles. The van der Waals surface area contributed by atoms with Gasteiger partial charge in [0.15, 0.2) is 0 Å². The number of aryl methyl sites for hydroxylation is 1. The van der Waals surface area contributed by atoms with Gasteiger partial charge in [-0.15, -0.1) is 0 Å². The zero-order valence-electron chi connectivity index (χ0n) is 15.9. The molecule has 4 rings (SSSR count). The second-order valence-corrected chi connectivity index (χ2v) is 7.23. The van der Waals surface area contributed by atoms with Crippen molar-refractivity contribution in [1.82, 2.24) is 14.3 Å². The molecule has 156 valence electrons. The first-order valence-electron chi connectivity index (χ1n) is 9.61. The number of hydrogen-bond donors (Lipinski definition) is 1. The molecule has 30 heavy (non-hydrogen) atoms. The summed E-state index contributed by atoms with van der Waals surface area (Å²) in [4.78, 5) is 25.9. The van der Waals surface area contributed by atoms with Gasteiger partial charge in [0.2, 0.25) is 5.91 Å². The number of nitrogens with one attached hydrogen (secondary N) is 1. The molecule has 0 radical (unpaired) electrons. The summed E-state index contributed by atoms with van der Waals surface area (Å²) in [5.74, 6) is -2.19. The van der Waals surface area contributed by atoms with Crippen LogP contribution >= 0.6 is 0 Å². The number of aromatic nitrogens is 3. The van der Waals surface area contributed by atoms with Gasteiger partial charge in [-0.05, 0) is 42.7 Å². The summed E-state index contributed by atoms with van der Waals surface area (Å²) < 4.78 is 43.0. The van der Waals surface area contributed by atoms with Crippen molar-refractivity contribution in [2.24, 2.45) is 0 Å². The van der Waals surface area contributed by atoms with Crippen molar-refractivity contribution in [3.8, 4) is 0 Å². The summed E-state index contributed by atoms with van der Waals surface area (Å²) >= 11 is 0. The molecule has 0 saturated carbocycles. The molecule has 0 fully saturated rings. The summed E-state index contributed by atoms with van der Waals surface area (Å²) in [7, 11) is 0. The molecule has 1 aliphatic rings. The highest BCUT2D eigenvalue weighted by Crippen LogP contribution is 2.24. The number of carbonyl (C=O) groups is 1. The van der Waals surface area contributed by atoms with E-state index in [4.69, 9.17) is 0 Å². The van der Waals surface area contributed by atoms with Gasteiger partial charge in [0, 0.05) is 12.5 Å². The highest BCUT2D eigenvalue weighted by Gasteiger charge is 2.29. The number of anilines is 1. The highest BCUT2D eigenvalue weighted by molar-refractivity contribution is 5.93. The van der Waals surface area contributed by atoms with E-state index in [0.29, 0.717) is 36.7 Å². The quantitative estimate of drug-likeness (QED) is 0.709. The van der Waals surface area contributed by atoms with E-state index >= 15 is 0 Å². The predicted molar refractivity (Wildman–Crippen MR) is 104 cm³/mol. The lowest BCUT2D eigenvalue weighted by Gasteiger charge is -2.17. The fraction of sp³-hybridized carbons (Fsp3) is 0.286. The zero-order valence-corrected chi connectivity index (χ0v) is 15.9. The molecule has 2 heterocycles. The van der Waals surface area contributed by atoms with Gasteiger partial charge >= 0.3 is 5.69 Å². The molecule has 1 aliphatic heterocycles. The van der Waals surface area contributed by atoms with Crippen LogP contribution in [-0.4, -0.2) is 20.3 Å². The lowest BCUT2D eigenvalue weighted by molar-refractivity contribution is -0.119. The van der Waals surface area contributed by atoms with Crippen LogP contribution in [0.15, 0.2) is 47.3 Å². The first kappa shape index (κ1) is 19.9. The van der Waals surface area contributed by atoms with Gasteiger partial charge in [-0.25, -0.2) is 22.6 Å². The SMILES string of the molecule is O=C(Nc1ccc(F)cc1F)C1CCCCc2nn(Cc3cccc(F)c3)c(=O)n21. The van der Waals surface area contributed by atoms with Gasteiger partial charge in [0.05, 0.1) is 12.2 Å². The molecule has 6 nitrogen and oxygen atoms in total. The number of hydrogen-bond acceptors (Lipinski definition) is 3. The van der Waals surface area contributed by atoms with E-state index in [9.17, 15) is 22.8 Å². The molecule has 3 aromatic rings. The zero-order chi connectivity index (χ0) is 21.3. The van der Waals surface area contributed by atoms with Crippen LogP contribution in [0.25, 0.3) is 0 Å². The van der Waals surface area contributed by atoms with E-state index < -0.39 is 35.1 Å². The Morgan fingerprint density at radius 1 is 1.10 bits per heavy atom. The predicted octanol–water partition coefficient (Wildman–Crippen LogP) is 3.42. The number of amides is 1. The fourth-order valence-electron chi connectivity index (χ4n) is 3.67. The number of nitrogens with zero attached hydrogens (tertiary/aromatic N) is 3. The maximum Gasteiger partial charge on any atom is 0.346 e. The smallest absolute Gasteiger partial charge is 0.322 e. The summed E-state index contributed by atoms with van der Waals surface area (Å²) in [6, 6.07) is 7.84. The van der Waals surface area contributed by atoms with Gasteiger partial charge in [-0.3, -0.25) is 9.36 Å². The van der Waals surface area contributed by atoms with Crippen molar-refractivity contribution in [3.05, 3.63) is 81.8 Å². The normalized spacial score (nSPS) is 16.0. The Labute approximate surface area is 170 Å². The number of halogens is 3. The van der Waals surface area contributed by atoms with Gasteiger partial charge in [-0.1, -0.05) is 18.6 Å². The molecular weight excluding hydrogens is 397 g/mol. The molecule has 0 saturated heterocycles. The van der Waals surface area contributed by atoms with Crippen LogP contribution in [0.4, 0.5) is 18.9 Å². The van der Waals surface area contributed by atoms with Crippen LogP contribution in [0.1, 0.15) is 36.7 Å². The number of fused-ring (bicyclic) bond motifs is 1. The largest absolute Gasteiger partial charge is 0.346 e. The standard InChI is InChI=1S/C21H19F3N4O2/c22-14-5-3-4-13(10-14)12-27-21(30)28-18(6-1-2-7-19(28)26-27)20(29)25-17-9-8-15(23)11-16(17)24/h3-5,8-11,18H,1-2,6-7,12H2,(H,25,29). The highest BCUT2D eigenvalue weighted by atomic mass is 19.1. The lowest BCUT2D eigenvalue weighted by Crippen LogP contribution is -2.35. The molecule has 1 atom stereocenters. The van der Waals surface area contributed by atoms with E-state index in [-0.39, 0.29) is 12.2 Å². The van der Waals surface area contributed by atoms with Crippen molar-refractivity contribution in [1.29, 1.82) is 0 Å². The Bertz CT molecular complexity index is 1160. The molecular formula is C21H19F3N4O2. The van der Waals surface area contributed by atoms with Crippen LogP contribution in [0.5, 0.6) is 0 Å². The Kier molecular flexibility index (Phi) is 5.43. The lowest BCUT2D eigenvalue weighted by atomic mass is 10.1. The van der Waals surface area contributed by atoms with Crippen molar-refractivity contribution in [3.63, 3.8) is 0 Å². The minimum Gasteiger partial charge on any atom is -0.322 e. The minimum absolute atomic E-state index is 0.0670. The molecule has 0 bridgehead atoms. The Morgan fingerprint density at radius 2 is 1.90 bits per heavy atom. The van der Waals surface area contributed by atoms with Crippen molar-refractivity contribution < 1.29 is 18.0 Å². The fourth-order valence-corrected chi connectivity index (χ4v) is 3.67. The van der Waals surface area contributed by atoms with E-state index in [1.54, 1.807) is 12.1 Å². The second-order valence-electron chi connectivity index (χ2n) is 7.23. The number of rotatable bonds is 4. The van der Waals surface area contributed by atoms with Crippen LogP contribution < -0.4 is 11.0 Å². The third-order valence-electron chi connectivity index (χ3n) is 5.09. The third-order valence-corrected chi connectivity index (χ3v) is 5.09. The van der Waals surface area contributed by atoms with E-state index in [2.05, 4.69) is 10.4 Å². The maximum atomic E-state index is 13.9. The summed E-state index contributed by atoms with van der Waals surface area (Å²) in [6.07, 6.45) is 2.33. The average Bonchev–Trinajstić information content (AvgIpc) is 2.87. The van der Waals surface area contributed by atoms with Crippen molar-refractivity contribution in [2.75, 3.05) is 5.32 Å². The first-order chi connectivity index (χ1) is 14.4. The summed E-state index contributed by atoms with van der Waals surface area (Å²) in [6.45, 7) is 0.0670. The number of carbonyl (C=O) groups excluding carboxylic acids is 1. The Balaban J connectivity index is 1.64. The van der Waals surface area contributed by atoms with Crippen LogP contribution in [0.3, 0.4) is 0 Å². The van der Waals surface area contributed by atoms with Crippen LogP contribution in [0.2, 0.25) is 0 Å². The Hall–Kier alpha value is -3.36. The van der Waals surface area contributed by atoms with Crippen molar-refractivity contribution in [2.45, 2.75) is 38.3 Å². The minimum atomic E-state index is -0.897.